The Morgan fingerprint density at radius 2 is 1.83 bits per heavy atom. The van der Waals surface area contributed by atoms with E-state index in [1.807, 2.05) is 0 Å². The highest BCUT2D eigenvalue weighted by molar-refractivity contribution is 5.66. The number of hydrogen-bond donors (Lipinski definition) is 3. The van der Waals surface area contributed by atoms with Gasteiger partial charge in [-0.3, -0.25) is 4.79 Å². The third-order valence-electron chi connectivity index (χ3n) is 10.7. The van der Waals surface area contributed by atoms with E-state index in [-0.39, 0.29) is 24.0 Å². The van der Waals surface area contributed by atoms with Crippen molar-refractivity contribution < 1.29 is 20.1 Å². The molecule has 3 unspecified atom stereocenters. The minimum atomic E-state index is -0.680. The Hall–Kier alpha value is -0.610. The fraction of sp³-hybridized carbons (Fsp3) is 0.962. The summed E-state index contributed by atoms with van der Waals surface area (Å²) in [4.78, 5) is 11.1. The van der Waals surface area contributed by atoms with E-state index < -0.39 is 5.97 Å². The van der Waals surface area contributed by atoms with Crippen LogP contribution in [0.2, 0.25) is 0 Å². The number of fused-ring (bicyclic) bond motifs is 5. The zero-order valence-electron chi connectivity index (χ0n) is 19.5. The molecule has 4 heteroatoms. The Balaban J connectivity index is 1.61. The molecule has 12 atom stereocenters. The maximum Gasteiger partial charge on any atom is 0.303 e. The first-order chi connectivity index (χ1) is 14.2. The molecule has 4 rings (SSSR count). The van der Waals surface area contributed by atoms with Crippen molar-refractivity contribution in [3.05, 3.63) is 0 Å². The second kappa shape index (κ2) is 8.39. The topological polar surface area (TPSA) is 77.8 Å². The van der Waals surface area contributed by atoms with Gasteiger partial charge in [0, 0.05) is 6.42 Å². The highest BCUT2D eigenvalue weighted by Gasteiger charge is 2.63. The molecule has 0 aromatic rings. The van der Waals surface area contributed by atoms with Crippen LogP contribution in [-0.4, -0.2) is 33.5 Å². The summed E-state index contributed by atoms with van der Waals surface area (Å²) in [5.74, 6) is 3.96. The van der Waals surface area contributed by atoms with Gasteiger partial charge in [0.2, 0.25) is 0 Å². The molecule has 0 radical (unpaired) electrons. The van der Waals surface area contributed by atoms with Crippen LogP contribution in [0.4, 0.5) is 0 Å². The van der Waals surface area contributed by atoms with Crippen LogP contribution in [0, 0.1) is 58.7 Å². The van der Waals surface area contributed by atoms with Gasteiger partial charge in [0.05, 0.1) is 12.2 Å². The molecular weight excluding hydrogens is 376 g/mol. The molecule has 30 heavy (non-hydrogen) atoms. The first kappa shape index (κ1) is 22.6. The predicted molar refractivity (Wildman–Crippen MR) is 118 cm³/mol. The van der Waals surface area contributed by atoms with Gasteiger partial charge in [-0.15, -0.1) is 0 Å². The fourth-order valence-corrected chi connectivity index (χ4v) is 9.34. The third-order valence-corrected chi connectivity index (χ3v) is 10.7. The lowest BCUT2D eigenvalue weighted by Crippen LogP contribution is -2.61. The lowest BCUT2D eigenvalue weighted by molar-refractivity contribution is -0.199. The Morgan fingerprint density at radius 1 is 1.10 bits per heavy atom. The smallest absolute Gasteiger partial charge is 0.303 e. The summed E-state index contributed by atoms with van der Waals surface area (Å²) < 4.78 is 0. The van der Waals surface area contributed by atoms with E-state index in [1.54, 1.807) is 0 Å². The van der Waals surface area contributed by atoms with Crippen LogP contribution in [0.1, 0.15) is 85.5 Å². The standard InChI is InChI=1S/C26H44O4/c1-5-17-20-13-16(27)10-11-26(20,4)21-12-15(3)23-18(14(2)6-9-22(28)29)7-8-19(23)24(21)25(17)30/h14-21,23-25,27,30H,5-13H2,1-4H3,(H,28,29)/t14-,15-,16-,17-,18-,19?,20+,21?,23+,24?,25-,26+/m1/s1. The Bertz CT molecular complexity index is 635. The number of rotatable bonds is 5. The number of carboxylic acid groups (broad SMARTS) is 1. The first-order valence-electron chi connectivity index (χ1n) is 12.8. The van der Waals surface area contributed by atoms with Gasteiger partial charge in [-0.1, -0.05) is 34.1 Å². The number of aliphatic hydroxyl groups is 2. The zero-order valence-corrected chi connectivity index (χ0v) is 19.5. The Morgan fingerprint density at radius 3 is 2.50 bits per heavy atom. The molecular formula is C26H44O4. The number of aliphatic hydroxyl groups excluding tert-OH is 2. The number of carboxylic acids is 1. The summed E-state index contributed by atoms with van der Waals surface area (Å²) in [6.45, 7) is 9.42. The Kier molecular flexibility index (Phi) is 6.31. The number of aliphatic carboxylic acids is 1. The third kappa shape index (κ3) is 3.54. The van der Waals surface area contributed by atoms with Gasteiger partial charge in [0.1, 0.15) is 0 Å². The predicted octanol–water partition coefficient (Wildman–Crippen LogP) is 4.97. The molecule has 0 bridgehead atoms. The molecule has 0 spiro atoms. The van der Waals surface area contributed by atoms with Crippen molar-refractivity contribution in [1.82, 2.24) is 0 Å². The van der Waals surface area contributed by atoms with Gasteiger partial charge in [0.15, 0.2) is 0 Å². The highest BCUT2D eigenvalue weighted by atomic mass is 16.4. The van der Waals surface area contributed by atoms with Crippen LogP contribution in [0.15, 0.2) is 0 Å². The van der Waals surface area contributed by atoms with Crippen molar-refractivity contribution in [1.29, 1.82) is 0 Å². The van der Waals surface area contributed by atoms with E-state index >= 15 is 0 Å². The van der Waals surface area contributed by atoms with Crippen molar-refractivity contribution in [3.63, 3.8) is 0 Å². The van der Waals surface area contributed by atoms with Crippen LogP contribution >= 0.6 is 0 Å². The summed E-state index contributed by atoms with van der Waals surface area (Å²) in [6, 6.07) is 0. The summed E-state index contributed by atoms with van der Waals surface area (Å²) in [6.07, 6.45) is 8.12. The molecule has 4 nitrogen and oxygen atoms in total. The lowest BCUT2D eigenvalue weighted by Gasteiger charge is -2.64. The quantitative estimate of drug-likeness (QED) is 0.587. The molecule has 4 fully saturated rings. The van der Waals surface area contributed by atoms with E-state index in [0.29, 0.717) is 53.3 Å². The summed E-state index contributed by atoms with van der Waals surface area (Å²) >= 11 is 0. The molecule has 172 valence electrons. The van der Waals surface area contributed by atoms with Crippen molar-refractivity contribution in [2.24, 2.45) is 58.7 Å². The molecule has 4 aliphatic rings. The molecule has 4 aliphatic carbocycles. The van der Waals surface area contributed by atoms with Gasteiger partial charge in [0.25, 0.3) is 0 Å². The maximum atomic E-state index is 11.7. The van der Waals surface area contributed by atoms with E-state index in [9.17, 15) is 15.0 Å². The number of hydrogen-bond acceptors (Lipinski definition) is 3. The average molecular weight is 421 g/mol. The first-order valence-corrected chi connectivity index (χ1v) is 12.8. The molecule has 0 saturated heterocycles. The minimum Gasteiger partial charge on any atom is -0.481 e. The van der Waals surface area contributed by atoms with E-state index in [0.717, 1.165) is 32.1 Å². The van der Waals surface area contributed by atoms with E-state index in [4.69, 9.17) is 5.11 Å². The monoisotopic (exact) mass is 420 g/mol. The zero-order chi connectivity index (χ0) is 21.8. The summed E-state index contributed by atoms with van der Waals surface area (Å²) in [5, 5.41) is 31.2. The fourth-order valence-electron chi connectivity index (χ4n) is 9.34. The second-order valence-corrected chi connectivity index (χ2v) is 11.9. The van der Waals surface area contributed by atoms with Gasteiger partial charge < -0.3 is 15.3 Å². The summed E-state index contributed by atoms with van der Waals surface area (Å²) in [5.41, 5.74) is 0.246. The molecule has 0 aliphatic heterocycles. The lowest BCUT2D eigenvalue weighted by atomic mass is 9.42. The average Bonchev–Trinajstić information content (AvgIpc) is 3.14. The van der Waals surface area contributed by atoms with Gasteiger partial charge in [-0.2, -0.15) is 0 Å². The van der Waals surface area contributed by atoms with Crippen LogP contribution in [0.3, 0.4) is 0 Å². The van der Waals surface area contributed by atoms with Gasteiger partial charge in [-0.05, 0) is 104 Å². The normalized spacial score (nSPS) is 51.5. The SMILES string of the molecule is CC[C@H]1[C@@H](O)C2C3CC[C@H]([C@H](C)CCC(=O)O)[C@@H]3[C@H](C)CC2[C@@]2(C)CC[C@@H](O)C[C@@H]12. The molecule has 0 aromatic heterocycles. The molecule has 0 amide bonds. The molecule has 3 N–H and O–H groups in total. The maximum absolute atomic E-state index is 11.7. The Labute approximate surface area is 182 Å². The van der Waals surface area contributed by atoms with Crippen molar-refractivity contribution in [2.75, 3.05) is 0 Å². The van der Waals surface area contributed by atoms with Gasteiger partial charge in [-0.25, -0.2) is 0 Å². The number of carbonyl (C=O) groups is 1. The van der Waals surface area contributed by atoms with E-state index in [1.165, 1.54) is 19.3 Å². The van der Waals surface area contributed by atoms with Crippen molar-refractivity contribution in [2.45, 2.75) is 97.7 Å². The molecule has 4 saturated carbocycles. The second-order valence-electron chi connectivity index (χ2n) is 11.9. The highest BCUT2D eigenvalue weighted by Crippen LogP contribution is 2.67. The van der Waals surface area contributed by atoms with Crippen molar-refractivity contribution >= 4 is 5.97 Å². The van der Waals surface area contributed by atoms with Crippen LogP contribution < -0.4 is 0 Å². The van der Waals surface area contributed by atoms with Crippen LogP contribution in [0.25, 0.3) is 0 Å². The van der Waals surface area contributed by atoms with Crippen molar-refractivity contribution in [3.8, 4) is 0 Å². The minimum absolute atomic E-state index is 0.194. The molecule has 0 aromatic carbocycles. The largest absolute Gasteiger partial charge is 0.481 e. The summed E-state index contributed by atoms with van der Waals surface area (Å²) in [7, 11) is 0. The molecule has 0 heterocycles. The van der Waals surface area contributed by atoms with E-state index in [2.05, 4.69) is 27.7 Å². The van der Waals surface area contributed by atoms with Gasteiger partial charge >= 0.3 is 5.97 Å². The van der Waals surface area contributed by atoms with Crippen LogP contribution in [0.5, 0.6) is 0 Å². The van der Waals surface area contributed by atoms with Crippen LogP contribution in [-0.2, 0) is 4.79 Å².